The van der Waals surface area contributed by atoms with Crippen molar-refractivity contribution in [1.29, 1.82) is 0 Å². The van der Waals surface area contributed by atoms with Crippen molar-refractivity contribution in [3.05, 3.63) is 41.8 Å². The van der Waals surface area contributed by atoms with E-state index in [4.69, 9.17) is 16.2 Å². The van der Waals surface area contributed by atoms with Gasteiger partial charge in [-0.05, 0) is 49.9 Å². The zero-order valence-corrected chi connectivity index (χ0v) is 18.1. The number of pyridine rings is 1. The first-order valence-electron chi connectivity index (χ1n) is 10.6. The van der Waals surface area contributed by atoms with Crippen LogP contribution in [0.2, 0.25) is 0 Å². The Bertz CT molecular complexity index is 1120. The van der Waals surface area contributed by atoms with Crippen molar-refractivity contribution < 1.29 is 13.9 Å². The number of hydrogen-bond donors (Lipinski definition) is 4. The van der Waals surface area contributed by atoms with Crippen molar-refractivity contribution in [3.63, 3.8) is 0 Å². The lowest BCUT2D eigenvalue weighted by atomic mass is 10.1. The Balaban J connectivity index is 1.63. The van der Waals surface area contributed by atoms with Gasteiger partial charge in [0, 0.05) is 30.3 Å². The predicted octanol–water partition coefficient (Wildman–Crippen LogP) is 2.60. The van der Waals surface area contributed by atoms with Gasteiger partial charge in [-0.25, -0.2) is 9.37 Å². The summed E-state index contributed by atoms with van der Waals surface area (Å²) in [5, 5.41) is 11.5. The van der Waals surface area contributed by atoms with E-state index in [1.165, 1.54) is 0 Å². The molecule has 0 radical (unpaired) electrons. The molecule has 0 spiro atoms. The van der Waals surface area contributed by atoms with Gasteiger partial charge in [0.15, 0.2) is 11.6 Å². The summed E-state index contributed by atoms with van der Waals surface area (Å²) in [5.41, 5.74) is 13.1. The number of amides is 1. The molecular formula is C22H28FN7O2. The predicted molar refractivity (Wildman–Crippen MR) is 121 cm³/mol. The Morgan fingerprint density at radius 2 is 2.12 bits per heavy atom. The highest BCUT2D eigenvalue weighted by molar-refractivity contribution is 5.99. The average Bonchev–Trinajstić information content (AvgIpc) is 3.51. The Labute approximate surface area is 185 Å². The normalized spacial score (nSPS) is 15.5. The van der Waals surface area contributed by atoms with E-state index in [1.54, 1.807) is 13.3 Å². The van der Waals surface area contributed by atoms with E-state index in [1.807, 2.05) is 29.8 Å². The minimum Gasteiger partial charge on any atom is -0.383 e. The molecule has 9 nitrogen and oxygen atoms in total. The number of carbonyl (C=O) groups is 1. The fraction of sp³-hybridized carbons (Fsp3) is 0.409. The minimum atomic E-state index is -0.773. The van der Waals surface area contributed by atoms with Crippen LogP contribution in [0.4, 0.5) is 21.7 Å². The summed E-state index contributed by atoms with van der Waals surface area (Å²) in [6, 6.07) is 6.46. The standard InChI is InChI=1S/C22H28FN7O2/c1-12(24)19(13-3-4-13)28-22-17(23)10-16(20(25)31)21(29-22)27-15-5-6-18-14(9-15)11-26-30(18)7-8-32-2/h5-6,9-13,19H,3-4,7-8,24H2,1-2H3,(H2,25,31)(H2,27,28,29)/t12-,19-/m0/s1. The molecular weight excluding hydrogens is 413 g/mol. The molecule has 0 aliphatic heterocycles. The summed E-state index contributed by atoms with van der Waals surface area (Å²) in [7, 11) is 1.64. The molecule has 1 aliphatic rings. The van der Waals surface area contributed by atoms with E-state index >= 15 is 0 Å². The molecule has 1 saturated carbocycles. The van der Waals surface area contributed by atoms with Gasteiger partial charge < -0.3 is 26.8 Å². The second kappa shape index (κ2) is 9.09. The molecule has 0 unspecified atom stereocenters. The van der Waals surface area contributed by atoms with Crippen molar-refractivity contribution in [1.82, 2.24) is 14.8 Å². The lowest BCUT2D eigenvalue weighted by Gasteiger charge is -2.23. The van der Waals surface area contributed by atoms with Gasteiger partial charge in [0.2, 0.25) is 0 Å². The molecule has 1 aromatic carbocycles. The number of halogens is 1. The van der Waals surface area contributed by atoms with Crippen LogP contribution in [0.25, 0.3) is 10.9 Å². The van der Waals surface area contributed by atoms with Gasteiger partial charge in [-0.3, -0.25) is 9.48 Å². The Morgan fingerprint density at radius 1 is 1.34 bits per heavy atom. The number of rotatable bonds is 10. The number of nitrogens with zero attached hydrogens (tertiary/aromatic N) is 3. The van der Waals surface area contributed by atoms with Crippen LogP contribution < -0.4 is 22.1 Å². The minimum absolute atomic E-state index is 0.0345. The lowest BCUT2D eigenvalue weighted by Crippen LogP contribution is -2.40. The van der Waals surface area contributed by atoms with Crippen molar-refractivity contribution >= 4 is 34.1 Å². The van der Waals surface area contributed by atoms with Crippen LogP contribution in [-0.4, -0.2) is 46.5 Å². The lowest BCUT2D eigenvalue weighted by molar-refractivity contribution is 0.100. The van der Waals surface area contributed by atoms with Gasteiger partial charge in [-0.2, -0.15) is 5.10 Å². The molecule has 2 aromatic heterocycles. The van der Waals surface area contributed by atoms with Crippen LogP contribution in [0.1, 0.15) is 30.1 Å². The first kappa shape index (κ1) is 22.0. The highest BCUT2D eigenvalue weighted by Crippen LogP contribution is 2.36. The maximum Gasteiger partial charge on any atom is 0.252 e. The molecule has 6 N–H and O–H groups in total. The van der Waals surface area contributed by atoms with Crippen LogP contribution in [0, 0.1) is 11.7 Å². The van der Waals surface area contributed by atoms with Crippen LogP contribution >= 0.6 is 0 Å². The first-order valence-corrected chi connectivity index (χ1v) is 10.6. The molecule has 1 amide bonds. The molecule has 0 bridgehead atoms. The number of methoxy groups -OCH3 is 1. The molecule has 32 heavy (non-hydrogen) atoms. The van der Waals surface area contributed by atoms with Gasteiger partial charge in [-0.1, -0.05) is 0 Å². The largest absolute Gasteiger partial charge is 0.383 e. The van der Waals surface area contributed by atoms with Crippen molar-refractivity contribution in [3.8, 4) is 0 Å². The Hall–Kier alpha value is -3.24. The molecule has 2 atom stereocenters. The fourth-order valence-corrected chi connectivity index (χ4v) is 3.82. The van der Waals surface area contributed by atoms with Gasteiger partial charge in [0.05, 0.1) is 30.4 Å². The van der Waals surface area contributed by atoms with E-state index in [9.17, 15) is 9.18 Å². The molecule has 3 aromatic rings. The number of nitrogens with two attached hydrogens (primary N) is 2. The highest BCUT2D eigenvalue weighted by atomic mass is 19.1. The van der Waals surface area contributed by atoms with E-state index in [2.05, 4.69) is 20.7 Å². The van der Waals surface area contributed by atoms with Crippen LogP contribution in [0.3, 0.4) is 0 Å². The molecule has 1 aliphatic carbocycles. The molecule has 10 heteroatoms. The SMILES string of the molecule is COCCn1ncc2cc(Nc3nc(N[C@H](C4CC4)[C@H](C)N)c(F)cc3C(N)=O)ccc21. The number of nitrogens with one attached hydrogen (secondary N) is 2. The second-order valence-corrected chi connectivity index (χ2v) is 8.20. The van der Waals surface area contributed by atoms with Crippen LogP contribution in [0.5, 0.6) is 0 Å². The summed E-state index contributed by atoms with van der Waals surface area (Å²) >= 11 is 0. The Morgan fingerprint density at radius 3 is 2.78 bits per heavy atom. The molecule has 4 rings (SSSR count). The number of benzene rings is 1. The van der Waals surface area contributed by atoms with Crippen LogP contribution in [-0.2, 0) is 11.3 Å². The zero-order valence-electron chi connectivity index (χ0n) is 18.1. The maximum atomic E-state index is 14.7. The highest BCUT2D eigenvalue weighted by Gasteiger charge is 2.34. The van der Waals surface area contributed by atoms with Gasteiger partial charge in [0.1, 0.15) is 5.82 Å². The molecule has 0 saturated heterocycles. The van der Waals surface area contributed by atoms with Crippen molar-refractivity contribution in [2.75, 3.05) is 24.4 Å². The summed E-state index contributed by atoms with van der Waals surface area (Å²) in [6.07, 6.45) is 3.84. The fourth-order valence-electron chi connectivity index (χ4n) is 3.82. The van der Waals surface area contributed by atoms with Crippen molar-refractivity contribution in [2.45, 2.75) is 38.4 Å². The third-order valence-electron chi connectivity index (χ3n) is 5.65. The van der Waals surface area contributed by atoms with Gasteiger partial charge in [0.25, 0.3) is 5.91 Å². The number of hydrogen-bond acceptors (Lipinski definition) is 7. The number of carbonyl (C=O) groups excluding carboxylic acids is 1. The van der Waals surface area contributed by atoms with E-state index < -0.39 is 11.7 Å². The average molecular weight is 442 g/mol. The molecule has 2 heterocycles. The quantitative estimate of drug-likeness (QED) is 0.380. The topological polar surface area (TPSA) is 133 Å². The third-order valence-corrected chi connectivity index (χ3v) is 5.65. The van der Waals surface area contributed by atoms with E-state index in [-0.39, 0.29) is 29.3 Å². The summed E-state index contributed by atoms with van der Waals surface area (Å²) in [6.45, 7) is 3.07. The van der Waals surface area contributed by atoms with Crippen molar-refractivity contribution in [2.24, 2.45) is 17.4 Å². The summed E-state index contributed by atoms with van der Waals surface area (Å²) in [5.74, 6) is -0.817. The Kier molecular flexibility index (Phi) is 6.24. The number of primary amides is 1. The molecule has 1 fully saturated rings. The first-order chi connectivity index (χ1) is 15.4. The zero-order chi connectivity index (χ0) is 22.8. The maximum absolute atomic E-state index is 14.7. The number of anilines is 3. The second-order valence-electron chi connectivity index (χ2n) is 8.20. The van der Waals surface area contributed by atoms with Crippen LogP contribution in [0.15, 0.2) is 30.5 Å². The van der Waals surface area contributed by atoms with E-state index in [0.29, 0.717) is 24.8 Å². The summed E-state index contributed by atoms with van der Waals surface area (Å²) < 4.78 is 21.7. The monoisotopic (exact) mass is 441 g/mol. The third kappa shape index (κ3) is 4.66. The molecule has 170 valence electrons. The number of ether oxygens (including phenoxy) is 1. The van der Waals surface area contributed by atoms with Gasteiger partial charge in [-0.15, -0.1) is 0 Å². The number of aromatic nitrogens is 3. The number of fused-ring (bicyclic) bond motifs is 1. The van der Waals surface area contributed by atoms with Gasteiger partial charge >= 0.3 is 0 Å². The summed E-state index contributed by atoms with van der Waals surface area (Å²) in [4.78, 5) is 16.3. The smallest absolute Gasteiger partial charge is 0.252 e. The van der Waals surface area contributed by atoms with E-state index in [0.717, 1.165) is 29.8 Å².